The molecule has 1 fully saturated rings. The second kappa shape index (κ2) is 4.57. The van der Waals surface area contributed by atoms with Gasteiger partial charge in [-0.1, -0.05) is 13.8 Å². The van der Waals surface area contributed by atoms with Crippen LogP contribution >= 0.6 is 0 Å². The molecular formula is C14H21NO2. The van der Waals surface area contributed by atoms with Gasteiger partial charge in [-0.3, -0.25) is 0 Å². The van der Waals surface area contributed by atoms with Crippen molar-refractivity contribution >= 4 is 0 Å². The van der Waals surface area contributed by atoms with E-state index in [1.165, 1.54) is 5.56 Å². The lowest BCUT2D eigenvalue weighted by Gasteiger charge is -2.26. The molecule has 1 aliphatic heterocycles. The van der Waals surface area contributed by atoms with Crippen LogP contribution in [0, 0.1) is 5.41 Å². The third-order valence-corrected chi connectivity index (χ3v) is 3.65. The van der Waals surface area contributed by atoms with Gasteiger partial charge in [0.05, 0.1) is 14.2 Å². The van der Waals surface area contributed by atoms with Crippen LogP contribution in [0.25, 0.3) is 0 Å². The average molecular weight is 235 g/mol. The molecule has 1 aromatic carbocycles. The standard InChI is InChI=1S/C14H21NO2/c1-14(2)9-15-8-13(14)10-5-11(16-3)7-12(6-10)17-4/h5-7,13,15H,8-9H2,1-4H3. The maximum absolute atomic E-state index is 5.32. The van der Waals surface area contributed by atoms with Crippen LogP contribution in [-0.4, -0.2) is 27.3 Å². The van der Waals surface area contributed by atoms with Gasteiger partial charge in [-0.05, 0) is 23.1 Å². The molecule has 0 aromatic heterocycles. The molecule has 0 radical (unpaired) electrons. The number of rotatable bonds is 3. The van der Waals surface area contributed by atoms with Crippen molar-refractivity contribution in [2.75, 3.05) is 27.3 Å². The molecule has 2 rings (SSSR count). The predicted molar refractivity (Wildman–Crippen MR) is 68.9 cm³/mol. The molecule has 1 saturated heterocycles. The van der Waals surface area contributed by atoms with Gasteiger partial charge < -0.3 is 14.8 Å². The third-order valence-electron chi connectivity index (χ3n) is 3.65. The third kappa shape index (κ3) is 2.39. The fourth-order valence-corrected chi connectivity index (χ4v) is 2.54. The molecule has 17 heavy (non-hydrogen) atoms. The van der Waals surface area contributed by atoms with E-state index in [0.29, 0.717) is 5.92 Å². The molecule has 1 heterocycles. The first-order valence-electron chi connectivity index (χ1n) is 6.00. The Kier molecular flexibility index (Phi) is 3.29. The summed E-state index contributed by atoms with van der Waals surface area (Å²) in [7, 11) is 3.38. The summed E-state index contributed by atoms with van der Waals surface area (Å²) in [5, 5.41) is 3.45. The van der Waals surface area contributed by atoms with Crippen LogP contribution in [0.4, 0.5) is 0 Å². The van der Waals surface area contributed by atoms with Crippen molar-refractivity contribution in [3.8, 4) is 11.5 Å². The summed E-state index contributed by atoms with van der Waals surface area (Å²) in [5.74, 6) is 2.23. The van der Waals surface area contributed by atoms with Crippen molar-refractivity contribution in [1.29, 1.82) is 0 Å². The Labute approximate surface area is 103 Å². The summed E-state index contributed by atoms with van der Waals surface area (Å²) >= 11 is 0. The molecule has 0 amide bonds. The predicted octanol–water partition coefficient (Wildman–Crippen LogP) is 2.42. The van der Waals surface area contributed by atoms with Crippen LogP contribution in [0.2, 0.25) is 0 Å². The minimum Gasteiger partial charge on any atom is -0.497 e. The van der Waals surface area contributed by atoms with E-state index in [1.807, 2.05) is 6.07 Å². The Morgan fingerprint density at radius 1 is 1.12 bits per heavy atom. The quantitative estimate of drug-likeness (QED) is 0.872. The number of ether oxygens (including phenoxy) is 2. The average Bonchev–Trinajstić information content (AvgIpc) is 2.68. The molecular weight excluding hydrogens is 214 g/mol. The maximum Gasteiger partial charge on any atom is 0.122 e. The first-order chi connectivity index (χ1) is 8.06. The molecule has 94 valence electrons. The van der Waals surface area contributed by atoms with Gasteiger partial charge in [-0.2, -0.15) is 0 Å². The van der Waals surface area contributed by atoms with Gasteiger partial charge in [0.1, 0.15) is 11.5 Å². The second-order valence-electron chi connectivity index (χ2n) is 5.32. The number of hydrogen-bond donors (Lipinski definition) is 1. The first kappa shape index (κ1) is 12.2. The smallest absolute Gasteiger partial charge is 0.122 e. The Bertz CT molecular complexity index is 379. The van der Waals surface area contributed by atoms with E-state index in [4.69, 9.17) is 9.47 Å². The van der Waals surface area contributed by atoms with Crippen molar-refractivity contribution in [3.05, 3.63) is 23.8 Å². The Hall–Kier alpha value is -1.22. The molecule has 3 nitrogen and oxygen atoms in total. The van der Waals surface area contributed by atoms with Gasteiger partial charge >= 0.3 is 0 Å². The highest BCUT2D eigenvalue weighted by molar-refractivity contribution is 5.41. The summed E-state index contributed by atoms with van der Waals surface area (Å²) in [5.41, 5.74) is 1.56. The maximum atomic E-state index is 5.32. The lowest BCUT2D eigenvalue weighted by molar-refractivity contribution is 0.357. The van der Waals surface area contributed by atoms with E-state index in [-0.39, 0.29) is 5.41 Å². The van der Waals surface area contributed by atoms with Crippen LogP contribution in [-0.2, 0) is 0 Å². The SMILES string of the molecule is COc1cc(OC)cc(C2CNCC2(C)C)c1. The van der Waals surface area contributed by atoms with Crippen molar-refractivity contribution in [1.82, 2.24) is 5.32 Å². The van der Waals surface area contributed by atoms with Gasteiger partial charge in [0.2, 0.25) is 0 Å². The zero-order valence-electron chi connectivity index (χ0n) is 11.0. The molecule has 0 spiro atoms. The first-order valence-corrected chi connectivity index (χ1v) is 6.00. The molecule has 1 atom stereocenters. The van der Waals surface area contributed by atoms with Crippen LogP contribution < -0.4 is 14.8 Å². The van der Waals surface area contributed by atoms with E-state index in [0.717, 1.165) is 24.6 Å². The topological polar surface area (TPSA) is 30.5 Å². The van der Waals surface area contributed by atoms with Gasteiger partial charge in [0.15, 0.2) is 0 Å². The van der Waals surface area contributed by atoms with E-state index in [9.17, 15) is 0 Å². The highest BCUT2D eigenvalue weighted by Crippen LogP contribution is 2.40. The van der Waals surface area contributed by atoms with Crippen molar-refractivity contribution in [3.63, 3.8) is 0 Å². The zero-order chi connectivity index (χ0) is 12.5. The van der Waals surface area contributed by atoms with E-state index >= 15 is 0 Å². The lowest BCUT2D eigenvalue weighted by Crippen LogP contribution is -2.20. The minimum atomic E-state index is 0.275. The van der Waals surface area contributed by atoms with E-state index in [2.05, 4.69) is 31.3 Å². The molecule has 1 N–H and O–H groups in total. The Balaban J connectivity index is 2.37. The molecule has 0 saturated carbocycles. The fraction of sp³-hybridized carbons (Fsp3) is 0.571. The number of hydrogen-bond acceptors (Lipinski definition) is 3. The molecule has 1 aromatic rings. The fourth-order valence-electron chi connectivity index (χ4n) is 2.54. The molecule has 1 aliphatic rings. The van der Waals surface area contributed by atoms with Gasteiger partial charge in [-0.15, -0.1) is 0 Å². The summed E-state index contributed by atoms with van der Waals surface area (Å²) < 4.78 is 10.6. The van der Waals surface area contributed by atoms with Crippen LogP contribution in [0.1, 0.15) is 25.3 Å². The van der Waals surface area contributed by atoms with Crippen molar-refractivity contribution < 1.29 is 9.47 Å². The Morgan fingerprint density at radius 2 is 1.71 bits per heavy atom. The van der Waals surface area contributed by atoms with Crippen LogP contribution in [0.3, 0.4) is 0 Å². The Morgan fingerprint density at radius 3 is 2.12 bits per heavy atom. The van der Waals surface area contributed by atoms with Crippen LogP contribution in [0.5, 0.6) is 11.5 Å². The molecule has 0 bridgehead atoms. The summed E-state index contributed by atoms with van der Waals surface area (Å²) in [6, 6.07) is 6.14. The summed E-state index contributed by atoms with van der Waals surface area (Å²) in [6.45, 7) is 6.66. The zero-order valence-corrected chi connectivity index (χ0v) is 11.0. The minimum absolute atomic E-state index is 0.275. The van der Waals surface area contributed by atoms with Gasteiger partial charge in [-0.25, -0.2) is 0 Å². The summed E-state index contributed by atoms with van der Waals surface area (Å²) in [6.07, 6.45) is 0. The van der Waals surface area contributed by atoms with Crippen molar-refractivity contribution in [2.24, 2.45) is 5.41 Å². The number of methoxy groups -OCH3 is 2. The van der Waals surface area contributed by atoms with Gasteiger partial charge in [0, 0.05) is 25.1 Å². The highest BCUT2D eigenvalue weighted by atomic mass is 16.5. The van der Waals surface area contributed by atoms with E-state index < -0.39 is 0 Å². The lowest BCUT2D eigenvalue weighted by atomic mass is 9.78. The second-order valence-corrected chi connectivity index (χ2v) is 5.32. The van der Waals surface area contributed by atoms with E-state index in [1.54, 1.807) is 14.2 Å². The molecule has 3 heteroatoms. The van der Waals surface area contributed by atoms with Crippen LogP contribution in [0.15, 0.2) is 18.2 Å². The number of nitrogens with one attached hydrogen (secondary N) is 1. The molecule has 1 unspecified atom stereocenters. The molecule has 0 aliphatic carbocycles. The largest absolute Gasteiger partial charge is 0.497 e. The van der Waals surface area contributed by atoms with Gasteiger partial charge in [0.25, 0.3) is 0 Å². The summed E-state index contributed by atoms with van der Waals surface area (Å²) in [4.78, 5) is 0. The monoisotopic (exact) mass is 235 g/mol. The normalized spacial score (nSPS) is 22.5. The highest BCUT2D eigenvalue weighted by Gasteiger charge is 2.35. The van der Waals surface area contributed by atoms with Crippen molar-refractivity contribution in [2.45, 2.75) is 19.8 Å². The number of benzene rings is 1.